The predicted octanol–water partition coefficient (Wildman–Crippen LogP) is 2.80. The molecule has 1 heterocycles. The number of hydrogen-bond donors (Lipinski definition) is 1. The lowest BCUT2D eigenvalue weighted by Gasteiger charge is -2.15. The molecule has 0 saturated carbocycles. The molecule has 1 atom stereocenters. The average Bonchev–Trinajstić information content (AvgIpc) is 2.62. The zero-order valence-electron chi connectivity index (χ0n) is 11.0. The van der Waals surface area contributed by atoms with Gasteiger partial charge in [-0.05, 0) is 29.3 Å². The van der Waals surface area contributed by atoms with Crippen molar-refractivity contribution in [2.75, 3.05) is 7.11 Å². The van der Waals surface area contributed by atoms with Crippen molar-refractivity contribution >= 4 is 5.97 Å². The van der Waals surface area contributed by atoms with E-state index in [1.54, 1.807) is 25.3 Å². The molecule has 102 valence electrons. The predicted molar refractivity (Wildman–Crippen MR) is 73.2 cm³/mol. The maximum Gasteiger partial charge on any atom is 0.315 e. The topological polar surface area (TPSA) is 55.8 Å². The fraction of sp³-hybridized carbons (Fsp3) is 0.188. The van der Waals surface area contributed by atoms with E-state index < -0.39 is 11.9 Å². The van der Waals surface area contributed by atoms with E-state index in [0.717, 1.165) is 11.1 Å². The van der Waals surface area contributed by atoms with Gasteiger partial charge in [-0.2, -0.15) is 0 Å². The molecule has 20 heavy (non-hydrogen) atoms. The standard InChI is InChI=1S/C16H14O4/c1-19-11-6-7-14-13(8-11)15(16(17)18)12-5-3-2-4-10(12)9-20-14/h2-8,15H,9H2,1H3,(H,17,18). The summed E-state index contributed by atoms with van der Waals surface area (Å²) in [7, 11) is 1.56. The minimum absolute atomic E-state index is 0.374. The summed E-state index contributed by atoms with van der Waals surface area (Å²) >= 11 is 0. The lowest BCUT2D eigenvalue weighted by atomic mass is 9.88. The van der Waals surface area contributed by atoms with Gasteiger partial charge in [0.1, 0.15) is 24.0 Å². The van der Waals surface area contributed by atoms with Crippen molar-refractivity contribution in [3.05, 3.63) is 59.2 Å². The van der Waals surface area contributed by atoms with Crippen LogP contribution in [0.1, 0.15) is 22.6 Å². The summed E-state index contributed by atoms with van der Waals surface area (Å²) in [6.45, 7) is 0.374. The molecule has 0 fully saturated rings. The van der Waals surface area contributed by atoms with Crippen LogP contribution in [-0.2, 0) is 11.4 Å². The third kappa shape index (κ3) is 1.99. The van der Waals surface area contributed by atoms with Crippen molar-refractivity contribution in [2.24, 2.45) is 0 Å². The molecular formula is C16H14O4. The van der Waals surface area contributed by atoms with E-state index in [-0.39, 0.29) is 0 Å². The van der Waals surface area contributed by atoms with Gasteiger partial charge < -0.3 is 14.6 Å². The highest BCUT2D eigenvalue weighted by atomic mass is 16.5. The lowest BCUT2D eigenvalue weighted by Crippen LogP contribution is -2.13. The first kappa shape index (κ1) is 12.5. The number of benzene rings is 2. The normalized spacial score (nSPS) is 16.4. The summed E-state index contributed by atoms with van der Waals surface area (Å²) in [6, 6.07) is 12.7. The van der Waals surface area contributed by atoms with E-state index in [2.05, 4.69) is 0 Å². The first-order valence-electron chi connectivity index (χ1n) is 6.32. The Morgan fingerprint density at radius 1 is 1.25 bits per heavy atom. The first-order valence-corrected chi connectivity index (χ1v) is 6.32. The van der Waals surface area contributed by atoms with Gasteiger partial charge >= 0.3 is 5.97 Å². The van der Waals surface area contributed by atoms with Crippen LogP contribution in [0.3, 0.4) is 0 Å². The van der Waals surface area contributed by atoms with Crippen LogP contribution in [0.4, 0.5) is 0 Å². The molecule has 1 unspecified atom stereocenters. The summed E-state index contributed by atoms with van der Waals surface area (Å²) in [5, 5.41) is 9.62. The fourth-order valence-electron chi connectivity index (χ4n) is 2.55. The van der Waals surface area contributed by atoms with E-state index >= 15 is 0 Å². The Labute approximate surface area is 116 Å². The highest BCUT2D eigenvalue weighted by Crippen LogP contribution is 2.39. The van der Waals surface area contributed by atoms with Crippen molar-refractivity contribution in [1.29, 1.82) is 0 Å². The largest absolute Gasteiger partial charge is 0.497 e. The smallest absolute Gasteiger partial charge is 0.315 e. The van der Waals surface area contributed by atoms with Crippen LogP contribution in [0.15, 0.2) is 42.5 Å². The number of rotatable bonds is 2. The Kier molecular flexibility index (Phi) is 3.06. The van der Waals surface area contributed by atoms with Crippen molar-refractivity contribution in [1.82, 2.24) is 0 Å². The van der Waals surface area contributed by atoms with E-state index in [0.29, 0.717) is 23.7 Å². The van der Waals surface area contributed by atoms with Gasteiger partial charge in [0.15, 0.2) is 0 Å². The second-order valence-electron chi connectivity index (χ2n) is 4.66. The number of hydrogen-bond acceptors (Lipinski definition) is 3. The molecule has 0 amide bonds. The van der Waals surface area contributed by atoms with Crippen LogP contribution in [0.5, 0.6) is 11.5 Å². The number of aliphatic carboxylic acids is 1. The van der Waals surface area contributed by atoms with Crippen LogP contribution < -0.4 is 9.47 Å². The molecule has 2 aromatic rings. The maximum absolute atomic E-state index is 11.7. The number of ether oxygens (including phenoxy) is 2. The first-order chi connectivity index (χ1) is 9.70. The number of methoxy groups -OCH3 is 1. The lowest BCUT2D eigenvalue weighted by molar-refractivity contribution is -0.137. The molecule has 0 spiro atoms. The van der Waals surface area contributed by atoms with Crippen LogP contribution in [0.25, 0.3) is 0 Å². The molecule has 0 radical (unpaired) electrons. The number of carbonyl (C=O) groups is 1. The van der Waals surface area contributed by atoms with Crippen molar-refractivity contribution in [3.8, 4) is 11.5 Å². The van der Waals surface area contributed by atoms with Gasteiger partial charge in [-0.15, -0.1) is 0 Å². The molecule has 3 rings (SSSR count). The Balaban J connectivity index is 2.22. The summed E-state index contributed by atoms with van der Waals surface area (Å²) in [4.78, 5) is 11.7. The zero-order valence-corrected chi connectivity index (χ0v) is 11.0. The Hall–Kier alpha value is -2.49. The van der Waals surface area contributed by atoms with Gasteiger partial charge in [-0.3, -0.25) is 4.79 Å². The van der Waals surface area contributed by atoms with E-state index in [1.165, 1.54) is 0 Å². The molecule has 0 bridgehead atoms. The summed E-state index contributed by atoms with van der Waals surface area (Å²) in [5.74, 6) is -0.413. The zero-order chi connectivity index (χ0) is 14.1. The molecule has 1 aliphatic heterocycles. The summed E-state index contributed by atoms with van der Waals surface area (Å²) < 4.78 is 10.9. The van der Waals surface area contributed by atoms with Gasteiger partial charge in [-0.25, -0.2) is 0 Å². The van der Waals surface area contributed by atoms with Crippen molar-refractivity contribution in [2.45, 2.75) is 12.5 Å². The molecular weight excluding hydrogens is 256 g/mol. The van der Waals surface area contributed by atoms with Crippen molar-refractivity contribution < 1.29 is 19.4 Å². The van der Waals surface area contributed by atoms with Gasteiger partial charge in [0.25, 0.3) is 0 Å². The van der Waals surface area contributed by atoms with E-state index in [9.17, 15) is 9.90 Å². The Morgan fingerprint density at radius 3 is 2.80 bits per heavy atom. The van der Waals surface area contributed by atoms with Crippen LogP contribution >= 0.6 is 0 Å². The van der Waals surface area contributed by atoms with Crippen LogP contribution in [-0.4, -0.2) is 18.2 Å². The molecule has 4 heteroatoms. The second-order valence-corrected chi connectivity index (χ2v) is 4.66. The van der Waals surface area contributed by atoms with Crippen LogP contribution in [0.2, 0.25) is 0 Å². The summed E-state index contributed by atoms with van der Waals surface area (Å²) in [6.07, 6.45) is 0. The van der Waals surface area contributed by atoms with E-state index in [1.807, 2.05) is 24.3 Å². The summed E-state index contributed by atoms with van der Waals surface area (Å²) in [5.41, 5.74) is 2.30. The van der Waals surface area contributed by atoms with E-state index in [4.69, 9.17) is 9.47 Å². The van der Waals surface area contributed by atoms with Crippen LogP contribution in [0, 0.1) is 0 Å². The molecule has 1 aliphatic rings. The second kappa shape index (κ2) is 4.89. The minimum atomic E-state index is -0.891. The molecule has 0 saturated heterocycles. The number of fused-ring (bicyclic) bond motifs is 2. The molecule has 1 N–H and O–H groups in total. The number of carboxylic acid groups (broad SMARTS) is 1. The molecule has 0 aliphatic carbocycles. The Bertz CT molecular complexity index is 663. The SMILES string of the molecule is COc1ccc2c(c1)C(C(=O)O)c1ccccc1CO2. The Morgan fingerprint density at radius 2 is 2.05 bits per heavy atom. The van der Waals surface area contributed by atoms with Gasteiger partial charge in [-0.1, -0.05) is 24.3 Å². The van der Waals surface area contributed by atoms with Crippen molar-refractivity contribution in [3.63, 3.8) is 0 Å². The van der Waals surface area contributed by atoms with Gasteiger partial charge in [0.05, 0.1) is 7.11 Å². The molecule has 4 nitrogen and oxygen atoms in total. The van der Waals surface area contributed by atoms with Gasteiger partial charge in [0.2, 0.25) is 0 Å². The minimum Gasteiger partial charge on any atom is -0.497 e. The fourth-order valence-corrected chi connectivity index (χ4v) is 2.55. The average molecular weight is 270 g/mol. The highest BCUT2D eigenvalue weighted by Gasteiger charge is 2.30. The number of carboxylic acids is 1. The monoisotopic (exact) mass is 270 g/mol. The quantitative estimate of drug-likeness (QED) is 0.911. The van der Waals surface area contributed by atoms with Gasteiger partial charge in [0, 0.05) is 5.56 Å². The molecule has 0 aromatic heterocycles. The third-order valence-corrected chi connectivity index (χ3v) is 3.52. The molecule has 2 aromatic carbocycles. The maximum atomic E-state index is 11.7. The highest BCUT2D eigenvalue weighted by molar-refractivity contribution is 5.82. The third-order valence-electron chi connectivity index (χ3n) is 3.52.